The van der Waals surface area contributed by atoms with Gasteiger partial charge in [0.25, 0.3) is 0 Å². The summed E-state index contributed by atoms with van der Waals surface area (Å²) >= 11 is 0. The lowest BCUT2D eigenvalue weighted by Crippen LogP contribution is -2.26. The Labute approximate surface area is 113 Å². The molecular weight excluding hydrogens is 236 g/mol. The third kappa shape index (κ3) is 2.54. The molecule has 0 atom stereocenters. The van der Waals surface area contributed by atoms with E-state index in [2.05, 4.69) is 17.2 Å². The number of aromatic nitrogens is 3. The Bertz CT molecular complexity index is 539. The molecule has 1 aliphatic carbocycles. The average Bonchev–Trinajstić information content (AvgIpc) is 2.83. The van der Waals surface area contributed by atoms with E-state index in [1.54, 1.807) is 0 Å². The highest BCUT2D eigenvalue weighted by molar-refractivity contribution is 5.54. The zero-order chi connectivity index (χ0) is 13.2. The highest BCUT2D eigenvalue weighted by atomic mass is 15.3. The Balaban J connectivity index is 1.86. The second-order valence-electron chi connectivity index (χ2n) is 5.39. The van der Waals surface area contributed by atoms with Crippen LogP contribution < -0.4 is 5.73 Å². The van der Waals surface area contributed by atoms with Crippen LogP contribution in [0.3, 0.4) is 0 Å². The number of benzene rings is 1. The monoisotopic (exact) mass is 256 g/mol. The van der Waals surface area contributed by atoms with E-state index >= 15 is 0 Å². The summed E-state index contributed by atoms with van der Waals surface area (Å²) in [7, 11) is 1.99. The van der Waals surface area contributed by atoms with Crippen molar-refractivity contribution in [3.05, 3.63) is 36.2 Å². The molecule has 19 heavy (non-hydrogen) atoms. The minimum absolute atomic E-state index is 0.373. The first kappa shape index (κ1) is 12.4. The fourth-order valence-electron chi connectivity index (χ4n) is 2.84. The van der Waals surface area contributed by atoms with Gasteiger partial charge in [0.2, 0.25) is 0 Å². The van der Waals surface area contributed by atoms with Crippen molar-refractivity contribution in [3.63, 3.8) is 0 Å². The van der Waals surface area contributed by atoms with E-state index in [4.69, 9.17) is 10.7 Å². The Hall–Kier alpha value is -1.68. The quantitative estimate of drug-likeness (QED) is 0.898. The first-order valence-corrected chi connectivity index (χ1v) is 6.96. The molecule has 2 aromatic rings. The Morgan fingerprint density at radius 1 is 1.11 bits per heavy atom. The fourth-order valence-corrected chi connectivity index (χ4v) is 2.84. The number of hydrogen-bond donors (Lipinski definition) is 1. The summed E-state index contributed by atoms with van der Waals surface area (Å²) < 4.78 is 1.93. The zero-order valence-corrected chi connectivity index (χ0v) is 11.3. The molecule has 3 rings (SSSR count). The third-order valence-corrected chi connectivity index (χ3v) is 3.97. The second kappa shape index (κ2) is 5.13. The van der Waals surface area contributed by atoms with Crippen molar-refractivity contribution >= 4 is 0 Å². The van der Waals surface area contributed by atoms with Crippen molar-refractivity contribution in [1.82, 2.24) is 14.8 Å². The van der Waals surface area contributed by atoms with Crippen LogP contribution in [0.25, 0.3) is 11.4 Å². The number of aryl methyl sites for hydroxylation is 1. The summed E-state index contributed by atoms with van der Waals surface area (Å²) in [5, 5.41) is 4.55. The van der Waals surface area contributed by atoms with E-state index in [-0.39, 0.29) is 0 Å². The Morgan fingerprint density at radius 2 is 1.79 bits per heavy atom. The summed E-state index contributed by atoms with van der Waals surface area (Å²) in [5.74, 6) is 2.44. The van der Waals surface area contributed by atoms with Crippen LogP contribution in [0, 0.1) is 0 Å². The van der Waals surface area contributed by atoms with Crippen LogP contribution in [-0.4, -0.2) is 20.8 Å². The van der Waals surface area contributed by atoms with E-state index in [1.807, 2.05) is 29.9 Å². The molecule has 0 amide bonds. The summed E-state index contributed by atoms with van der Waals surface area (Å²) in [6.07, 6.45) is 4.44. The van der Waals surface area contributed by atoms with Crippen molar-refractivity contribution < 1.29 is 0 Å². The van der Waals surface area contributed by atoms with Crippen LogP contribution in [0.5, 0.6) is 0 Å². The smallest absolute Gasteiger partial charge is 0.181 e. The van der Waals surface area contributed by atoms with Gasteiger partial charge < -0.3 is 5.73 Å². The molecule has 0 radical (unpaired) electrons. The maximum absolute atomic E-state index is 5.97. The molecule has 0 saturated heterocycles. The van der Waals surface area contributed by atoms with Crippen LogP contribution >= 0.6 is 0 Å². The molecule has 1 aromatic carbocycles. The summed E-state index contributed by atoms with van der Waals surface area (Å²) in [6, 6.07) is 10.5. The van der Waals surface area contributed by atoms with Gasteiger partial charge in [0.1, 0.15) is 5.82 Å². The van der Waals surface area contributed by atoms with Crippen LogP contribution in [0.4, 0.5) is 0 Å². The topological polar surface area (TPSA) is 56.7 Å². The normalized spacial score (nSPS) is 23.5. The Kier molecular flexibility index (Phi) is 3.34. The highest BCUT2D eigenvalue weighted by Gasteiger charge is 2.24. The first-order valence-electron chi connectivity index (χ1n) is 6.96. The molecule has 100 valence electrons. The Morgan fingerprint density at radius 3 is 2.47 bits per heavy atom. The van der Waals surface area contributed by atoms with Gasteiger partial charge in [-0.1, -0.05) is 30.3 Å². The van der Waals surface area contributed by atoms with Gasteiger partial charge in [0.05, 0.1) is 0 Å². The molecule has 2 N–H and O–H groups in total. The molecule has 1 aromatic heterocycles. The second-order valence-corrected chi connectivity index (χ2v) is 5.39. The van der Waals surface area contributed by atoms with Crippen LogP contribution in [-0.2, 0) is 7.05 Å². The number of nitrogens with zero attached hydrogens (tertiary/aromatic N) is 3. The zero-order valence-electron chi connectivity index (χ0n) is 11.3. The van der Waals surface area contributed by atoms with Gasteiger partial charge in [-0.15, -0.1) is 0 Å². The van der Waals surface area contributed by atoms with Crippen LogP contribution in [0.15, 0.2) is 30.3 Å². The van der Waals surface area contributed by atoms with Gasteiger partial charge in [-0.3, -0.25) is 4.68 Å². The van der Waals surface area contributed by atoms with Gasteiger partial charge in [-0.2, -0.15) is 5.10 Å². The van der Waals surface area contributed by atoms with E-state index in [0.29, 0.717) is 12.0 Å². The maximum atomic E-state index is 5.97. The first-order chi connectivity index (χ1) is 9.24. The standard InChI is InChI=1S/C15H20N4/c1-19-15(12-7-9-13(16)10-8-12)17-14(18-19)11-5-3-2-4-6-11/h2-6,12-13H,7-10,16H2,1H3. The fraction of sp³-hybridized carbons (Fsp3) is 0.467. The molecule has 0 aliphatic heterocycles. The third-order valence-electron chi connectivity index (χ3n) is 3.97. The molecule has 0 unspecified atom stereocenters. The predicted molar refractivity (Wildman–Crippen MR) is 75.6 cm³/mol. The lowest BCUT2D eigenvalue weighted by Gasteiger charge is -2.24. The minimum atomic E-state index is 0.373. The molecule has 1 fully saturated rings. The molecule has 1 heterocycles. The SMILES string of the molecule is Cn1nc(-c2ccccc2)nc1C1CCC(N)CC1. The summed E-state index contributed by atoms with van der Waals surface area (Å²) in [4.78, 5) is 4.74. The summed E-state index contributed by atoms with van der Waals surface area (Å²) in [6.45, 7) is 0. The van der Waals surface area contributed by atoms with E-state index < -0.39 is 0 Å². The minimum Gasteiger partial charge on any atom is -0.328 e. The van der Waals surface area contributed by atoms with Crippen molar-refractivity contribution in [2.45, 2.75) is 37.6 Å². The van der Waals surface area contributed by atoms with E-state index in [0.717, 1.165) is 42.9 Å². The van der Waals surface area contributed by atoms with Gasteiger partial charge in [-0.05, 0) is 25.7 Å². The molecule has 0 bridgehead atoms. The van der Waals surface area contributed by atoms with Gasteiger partial charge >= 0.3 is 0 Å². The largest absolute Gasteiger partial charge is 0.328 e. The van der Waals surface area contributed by atoms with E-state index in [1.165, 1.54) is 0 Å². The van der Waals surface area contributed by atoms with E-state index in [9.17, 15) is 0 Å². The van der Waals surface area contributed by atoms with Gasteiger partial charge in [0, 0.05) is 24.6 Å². The lowest BCUT2D eigenvalue weighted by molar-refractivity contribution is 0.377. The van der Waals surface area contributed by atoms with Gasteiger partial charge in [0.15, 0.2) is 5.82 Å². The molecule has 4 nitrogen and oxygen atoms in total. The predicted octanol–water partition coefficient (Wildman–Crippen LogP) is 2.47. The molecule has 1 aliphatic rings. The highest BCUT2D eigenvalue weighted by Crippen LogP contribution is 2.31. The molecule has 0 spiro atoms. The number of rotatable bonds is 2. The summed E-state index contributed by atoms with van der Waals surface area (Å²) in [5.41, 5.74) is 7.05. The van der Waals surface area contributed by atoms with Crippen molar-refractivity contribution in [2.24, 2.45) is 12.8 Å². The van der Waals surface area contributed by atoms with Crippen molar-refractivity contribution in [3.8, 4) is 11.4 Å². The van der Waals surface area contributed by atoms with Gasteiger partial charge in [-0.25, -0.2) is 4.98 Å². The van der Waals surface area contributed by atoms with Crippen LogP contribution in [0.2, 0.25) is 0 Å². The molecule has 1 saturated carbocycles. The average molecular weight is 256 g/mol. The maximum Gasteiger partial charge on any atom is 0.181 e. The molecular formula is C15H20N4. The van der Waals surface area contributed by atoms with Crippen molar-refractivity contribution in [1.29, 1.82) is 0 Å². The van der Waals surface area contributed by atoms with Crippen molar-refractivity contribution in [2.75, 3.05) is 0 Å². The lowest BCUT2D eigenvalue weighted by atomic mass is 9.86. The van der Waals surface area contributed by atoms with Crippen LogP contribution in [0.1, 0.15) is 37.4 Å². The molecule has 4 heteroatoms. The number of nitrogens with two attached hydrogens (primary N) is 1. The number of hydrogen-bond acceptors (Lipinski definition) is 3.